The summed E-state index contributed by atoms with van der Waals surface area (Å²) >= 11 is 0. The Kier molecular flexibility index (Phi) is 4.61. The van der Waals surface area contributed by atoms with E-state index in [1.807, 2.05) is 20.8 Å². The number of carbonyl (C=O) groups is 2. The zero-order chi connectivity index (χ0) is 15.7. The molecule has 0 aromatic rings. The van der Waals surface area contributed by atoms with E-state index in [0.717, 1.165) is 32.1 Å². The van der Waals surface area contributed by atoms with Crippen LogP contribution in [0.2, 0.25) is 0 Å². The van der Waals surface area contributed by atoms with Crippen molar-refractivity contribution in [3.05, 3.63) is 0 Å². The number of nitrogens with zero attached hydrogens (tertiary/aromatic N) is 1. The maximum absolute atomic E-state index is 12.4. The van der Waals surface area contributed by atoms with E-state index < -0.39 is 11.0 Å². The van der Waals surface area contributed by atoms with Crippen molar-refractivity contribution in [3.8, 4) is 0 Å². The lowest BCUT2D eigenvalue weighted by Crippen LogP contribution is -2.51. The molecule has 1 atom stereocenters. The largest absolute Gasteiger partial charge is 0.388 e. The molecule has 1 heterocycles. The first-order chi connectivity index (χ1) is 9.73. The summed E-state index contributed by atoms with van der Waals surface area (Å²) in [6, 6.07) is -0.373. The molecule has 1 saturated heterocycles. The van der Waals surface area contributed by atoms with Gasteiger partial charge in [0.1, 0.15) is 6.04 Å². The van der Waals surface area contributed by atoms with Gasteiger partial charge in [-0.1, -0.05) is 33.6 Å². The van der Waals surface area contributed by atoms with Crippen LogP contribution in [0, 0.1) is 5.41 Å². The summed E-state index contributed by atoms with van der Waals surface area (Å²) in [4.78, 5) is 26.5. The maximum atomic E-state index is 12.4. The zero-order valence-corrected chi connectivity index (χ0v) is 13.4. The van der Waals surface area contributed by atoms with Crippen molar-refractivity contribution in [1.82, 2.24) is 10.2 Å². The summed E-state index contributed by atoms with van der Waals surface area (Å²) in [6.45, 7) is 6.59. The second kappa shape index (κ2) is 5.95. The highest BCUT2D eigenvalue weighted by molar-refractivity contribution is 5.90. The molecule has 1 unspecified atom stereocenters. The number of nitrogens with one attached hydrogen (secondary N) is 1. The number of carbonyl (C=O) groups excluding carboxylic acids is 2. The van der Waals surface area contributed by atoms with Gasteiger partial charge in [-0.2, -0.15) is 0 Å². The number of hydrogen-bond acceptors (Lipinski definition) is 3. The fraction of sp³-hybridized carbons (Fsp3) is 0.875. The predicted octanol–water partition coefficient (Wildman–Crippen LogP) is 1.44. The standard InChI is InChI=1S/C16H28N2O3/c1-15(2,3)14(20)18-10-6-7-12(18)13(19)17-11-16(21)8-4-5-9-16/h12,21H,4-11H2,1-3H3,(H,17,19). The topological polar surface area (TPSA) is 69.6 Å². The third-order valence-corrected chi connectivity index (χ3v) is 4.58. The lowest BCUT2D eigenvalue weighted by atomic mass is 9.94. The molecular weight excluding hydrogens is 268 g/mol. The minimum atomic E-state index is -0.743. The third kappa shape index (κ3) is 3.76. The van der Waals surface area contributed by atoms with Crippen molar-refractivity contribution in [2.45, 2.75) is 70.9 Å². The number of amides is 2. The molecule has 2 fully saturated rings. The Labute approximate surface area is 127 Å². The Morgan fingerprint density at radius 1 is 1.24 bits per heavy atom. The molecule has 21 heavy (non-hydrogen) atoms. The Morgan fingerprint density at radius 3 is 2.43 bits per heavy atom. The first-order valence-corrected chi connectivity index (χ1v) is 8.04. The molecule has 0 aromatic heterocycles. The van der Waals surface area contributed by atoms with Gasteiger partial charge in [-0.05, 0) is 25.7 Å². The summed E-state index contributed by atoms with van der Waals surface area (Å²) in [7, 11) is 0. The van der Waals surface area contributed by atoms with E-state index in [9.17, 15) is 14.7 Å². The number of hydrogen-bond donors (Lipinski definition) is 2. The first-order valence-electron chi connectivity index (χ1n) is 8.04. The molecule has 2 amide bonds. The third-order valence-electron chi connectivity index (χ3n) is 4.58. The van der Waals surface area contributed by atoms with Crippen LogP contribution in [0.3, 0.4) is 0 Å². The summed E-state index contributed by atoms with van der Waals surface area (Å²) in [5.41, 5.74) is -1.21. The smallest absolute Gasteiger partial charge is 0.242 e. The van der Waals surface area contributed by atoms with Crippen LogP contribution < -0.4 is 5.32 Å². The summed E-state index contributed by atoms with van der Waals surface area (Å²) in [5, 5.41) is 13.2. The van der Waals surface area contributed by atoms with Crippen LogP contribution in [0.25, 0.3) is 0 Å². The van der Waals surface area contributed by atoms with Gasteiger partial charge in [-0.25, -0.2) is 0 Å². The van der Waals surface area contributed by atoms with Gasteiger partial charge in [0, 0.05) is 18.5 Å². The minimum absolute atomic E-state index is 0.0275. The number of rotatable bonds is 3. The monoisotopic (exact) mass is 296 g/mol. The van der Waals surface area contributed by atoms with Crippen LogP contribution >= 0.6 is 0 Å². The van der Waals surface area contributed by atoms with Crippen molar-refractivity contribution < 1.29 is 14.7 Å². The van der Waals surface area contributed by atoms with Crippen LogP contribution in [-0.2, 0) is 9.59 Å². The zero-order valence-electron chi connectivity index (χ0n) is 13.4. The number of likely N-dealkylation sites (tertiary alicyclic amines) is 1. The van der Waals surface area contributed by atoms with Crippen LogP contribution in [0.15, 0.2) is 0 Å². The van der Waals surface area contributed by atoms with Gasteiger partial charge >= 0.3 is 0 Å². The molecular formula is C16H28N2O3. The van der Waals surface area contributed by atoms with Crippen molar-refractivity contribution in [1.29, 1.82) is 0 Å². The molecule has 2 aliphatic rings. The van der Waals surface area contributed by atoms with E-state index in [2.05, 4.69) is 5.32 Å². The van der Waals surface area contributed by atoms with Crippen molar-refractivity contribution >= 4 is 11.8 Å². The van der Waals surface area contributed by atoms with E-state index in [4.69, 9.17) is 0 Å². The molecule has 1 aliphatic carbocycles. The van der Waals surface area contributed by atoms with Gasteiger partial charge in [0.15, 0.2) is 0 Å². The van der Waals surface area contributed by atoms with Crippen molar-refractivity contribution in [2.24, 2.45) is 5.41 Å². The Balaban J connectivity index is 1.93. The lowest BCUT2D eigenvalue weighted by molar-refractivity contribution is -0.144. The van der Waals surface area contributed by atoms with E-state index >= 15 is 0 Å². The maximum Gasteiger partial charge on any atom is 0.242 e. The molecule has 1 saturated carbocycles. The molecule has 1 aliphatic heterocycles. The molecule has 2 N–H and O–H groups in total. The van der Waals surface area contributed by atoms with Gasteiger partial charge in [0.2, 0.25) is 11.8 Å². The van der Waals surface area contributed by atoms with E-state index in [1.165, 1.54) is 0 Å². The highest BCUT2D eigenvalue weighted by atomic mass is 16.3. The second-order valence-corrected chi connectivity index (χ2v) is 7.56. The average molecular weight is 296 g/mol. The summed E-state index contributed by atoms with van der Waals surface area (Å²) in [6.07, 6.45) is 5.12. The molecule has 5 nitrogen and oxygen atoms in total. The molecule has 0 aromatic carbocycles. The van der Waals surface area contributed by atoms with Gasteiger partial charge in [0.05, 0.1) is 5.60 Å². The SMILES string of the molecule is CC(C)(C)C(=O)N1CCCC1C(=O)NCC1(O)CCCC1. The molecule has 0 bridgehead atoms. The van der Waals surface area contributed by atoms with Crippen LogP contribution in [0.4, 0.5) is 0 Å². The predicted molar refractivity (Wildman–Crippen MR) is 80.6 cm³/mol. The normalized spacial score (nSPS) is 25.1. The minimum Gasteiger partial charge on any atom is -0.388 e. The summed E-state index contributed by atoms with van der Waals surface area (Å²) in [5.74, 6) is -0.0925. The van der Waals surface area contributed by atoms with E-state index in [-0.39, 0.29) is 17.9 Å². The van der Waals surface area contributed by atoms with Crippen LogP contribution in [0.1, 0.15) is 59.3 Å². The molecule has 5 heteroatoms. The molecule has 2 rings (SSSR count). The van der Waals surface area contributed by atoms with Crippen LogP contribution in [0.5, 0.6) is 0 Å². The fourth-order valence-electron chi connectivity index (χ4n) is 3.29. The van der Waals surface area contributed by atoms with Crippen LogP contribution in [-0.4, -0.2) is 46.6 Å². The fourth-order valence-corrected chi connectivity index (χ4v) is 3.29. The highest BCUT2D eigenvalue weighted by Crippen LogP contribution is 2.29. The average Bonchev–Trinajstić information content (AvgIpc) is 3.03. The quantitative estimate of drug-likeness (QED) is 0.828. The highest BCUT2D eigenvalue weighted by Gasteiger charge is 2.39. The second-order valence-electron chi connectivity index (χ2n) is 7.56. The van der Waals surface area contributed by atoms with Gasteiger partial charge in [-0.3, -0.25) is 9.59 Å². The first kappa shape index (κ1) is 16.3. The molecule has 120 valence electrons. The van der Waals surface area contributed by atoms with Gasteiger partial charge < -0.3 is 15.3 Å². The Morgan fingerprint density at radius 2 is 1.86 bits per heavy atom. The van der Waals surface area contributed by atoms with E-state index in [1.54, 1.807) is 4.90 Å². The Bertz CT molecular complexity index is 408. The van der Waals surface area contributed by atoms with E-state index in [0.29, 0.717) is 19.5 Å². The molecule has 0 radical (unpaired) electrons. The van der Waals surface area contributed by atoms with Gasteiger partial charge in [0.25, 0.3) is 0 Å². The Hall–Kier alpha value is -1.10. The van der Waals surface area contributed by atoms with Crippen molar-refractivity contribution in [2.75, 3.05) is 13.1 Å². The summed E-state index contributed by atoms with van der Waals surface area (Å²) < 4.78 is 0. The number of aliphatic hydroxyl groups is 1. The van der Waals surface area contributed by atoms with Crippen molar-refractivity contribution in [3.63, 3.8) is 0 Å². The lowest BCUT2D eigenvalue weighted by Gasteiger charge is -2.31. The molecule has 0 spiro atoms. The van der Waals surface area contributed by atoms with Gasteiger partial charge in [-0.15, -0.1) is 0 Å².